The molecule has 1 aliphatic heterocycles. The van der Waals surface area contributed by atoms with Crippen LogP contribution in [-0.2, 0) is 0 Å². The van der Waals surface area contributed by atoms with E-state index in [-0.39, 0.29) is 12.6 Å². The fraction of sp³-hybridized carbons (Fsp3) is 0.105. The number of anilines is 1. The summed E-state index contributed by atoms with van der Waals surface area (Å²) in [5.74, 6) is 0.364. The zero-order valence-electron chi connectivity index (χ0n) is 15.9. The van der Waals surface area contributed by atoms with Crippen LogP contribution in [-0.4, -0.2) is 32.4 Å². The number of hydrogen-bond acceptors (Lipinski definition) is 9. The number of furan rings is 1. The Morgan fingerprint density at radius 3 is 2.87 bits per heavy atom. The van der Waals surface area contributed by atoms with Crippen molar-refractivity contribution in [3.8, 4) is 27.9 Å². The summed E-state index contributed by atoms with van der Waals surface area (Å²) >= 11 is 1.34. The highest BCUT2D eigenvalue weighted by molar-refractivity contribution is 7.12. The van der Waals surface area contributed by atoms with Crippen molar-refractivity contribution in [2.24, 2.45) is 0 Å². The number of ether oxygens (including phenoxy) is 2. The highest BCUT2D eigenvalue weighted by atomic mass is 32.1. The number of rotatable bonds is 5. The second-order valence-corrected chi connectivity index (χ2v) is 7.35. The predicted molar refractivity (Wildman–Crippen MR) is 109 cm³/mol. The van der Waals surface area contributed by atoms with Gasteiger partial charge in [0.2, 0.25) is 11.9 Å². The Morgan fingerprint density at radius 1 is 1.23 bits per heavy atom. The molecular formula is C19H13N5O6S. The number of nitro groups is 1. The molecule has 0 atom stereocenters. The molecule has 4 heterocycles. The standard InChI is InChI=1S/C19H13N5O6S/c1-10-6-16(21-18(25)14-4-5-17(30-14)24(26)27)23(22-10)19-20-12(8-31-19)11-2-3-13-15(7-11)29-9-28-13/h2-8H,9H2,1H3,(H,21,25). The number of carbonyl (C=O) groups excluding carboxylic acids is 1. The van der Waals surface area contributed by atoms with Gasteiger partial charge in [0.25, 0.3) is 5.91 Å². The Balaban J connectivity index is 1.42. The quantitative estimate of drug-likeness (QED) is 0.367. The Bertz CT molecular complexity index is 1320. The van der Waals surface area contributed by atoms with Gasteiger partial charge in [-0.1, -0.05) is 0 Å². The molecule has 0 bridgehead atoms. The third-order valence-corrected chi connectivity index (χ3v) is 5.23. The summed E-state index contributed by atoms with van der Waals surface area (Å²) in [7, 11) is 0. The topological polar surface area (TPSA) is 135 Å². The third kappa shape index (κ3) is 3.48. The third-order valence-electron chi connectivity index (χ3n) is 4.41. The minimum absolute atomic E-state index is 0.183. The Hall–Kier alpha value is -4.19. The minimum atomic E-state index is -0.710. The SMILES string of the molecule is Cc1cc(NC(=O)c2ccc([N+](=O)[O-])o2)n(-c2nc(-c3ccc4c(c3)OCO4)cs2)n1. The van der Waals surface area contributed by atoms with Crippen LogP contribution in [0, 0.1) is 17.0 Å². The van der Waals surface area contributed by atoms with Crippen LogP contribution < -0.4 is 14.8 Å². The van der Waals surface area contributed by atoms with E-state index in [1.54, 1.807) is 13.0 Å². The van der Waals surface area contributed by atoms with E-state index in [1.807, 2.05) is 23.6 Å². The van der Waals surface area contributed by atoms with E-state index in [2.05, 4.69) is 15.4 Å². The van der Waals surface area contributed by atoms with Crippen molar-refractivity contribution in [2.45, 2.75) is 6.92 Å². The Labute approximate surface area is 178 Å². The first-order chi connectivity index (χ1) is 15.0. The minimum Gasteiger partial charge on any atom is -0.454 e. The van der Waals surface area contributed by atoms with Gasteiger partial charge in [-0.25, -0.2) is 4.98 Å². The van der Waals surface area contributed by atoms with Crippen molar-refractivity contribution >= 4 is 28.9 Å². The molecule has 5 rings (SSSR count). The van der Waals surface area contributed by atoms with E-state index in [0.29, 0.717) is 33.8 Å². The largest absolute Gasteiger partial charge is 0.454 e. The average molecular weight is 439 g/mol. The van der Waals surface area contributed by atoms with Gasteiger partial charge in [-0.2, -0.15) is 9.78 Å². The number of benzene rings is 1. The first-order valence-corrected chi connectivity index (χ1v) is 9.84. The van der Waals surface area contributed by atoms with E-state index in [4.69, 9.17) is 13.9 Å². The molecule has 1 aromatic carbocycles. The van der Waals surface area contributed by atoms with Crippen molar-refractivity contribution in [3.05, 3.63) is 63.3 Å². The summed E-state index contributed by atoms with van der Waals surface area (Å²) < 4.78 is 17.2. The van der Waals surface area contributed by atoms with Crippen molar-refractivity contribution in [2.75, 3.05) is 12.1 Å². The molecule has 1 amide bonds. The molecule has 0 spiro atoms. The van der Waals surface area contributed by atoms with Crippen LogP contribution in [0.1, 0.15) is 16.2 Å². The monoisotopic (exact) mass is 439 g/mol. The molecule has 0 radical (unpaired) electrons. The van der Waals surface area contributed by atoms with Gasteiger partial charge in [0.1, 0.15) is 10.7 Å². The van der Waals surface area contributed by atoms with E-state index < -0.39 is 16.7 Å². The number of nitrogens with one attached hydrogen (secondary N) is 1. The van der Waals surface area contributed by atoms with Gasteiger partial charge in [0, 0.05) is 17.0 Å². The molecule has 0 unspecified atom stereocenters. The van der Waals surface area contributed by atoms with Gasteiger partial charge in [-0.05, 0) is 31.2 Å². The molecule has 11 nitrogen and oxygen atoms in total. The number of aryl methyl sites for hydroxylation is 1. The van der Waals surface area contributed by atoms with Crippen molar-refractivity contribution in [1.82, 2.24) is 14.8 Å². The number of carbonyl (C=O) groups is 1. The average Bonchev–Trinajstić information content (AvgIpc) is 3.52. The Morgan fingerprint density at radius 2 is 2.06 bits per heavy atom. The molecule has 1 N–H and O–H groups in total. The Kier molecular flexibility index (Phi) is 4.40. The maximum Gasteiger partial charge on any atom is 0.433 e. The summed E-state index contributed by atoms with van der Waals surface area (Å²) in [4.78, 5) is 27.1. The molecule has 0 fully saturated rings. The second-order valence-electron chi connectivity index (χ2n) is 6.52. The smallest absolute Gasteiger partial charge is 0.433 e. The first kappa shape index (κ1) is 18.8. The summed E-state index contributed by atoms with van der Waals surface area (Å²) in [6, 6.07) is 9.58. The van der Waals surface area contributed by atoms with Crippen molar-refractivity contribution in [1.29, 1.82) is 0 Å². The molecular weight excluding hydrogens is 426 g/mol. The highest BCUT2D eigenvalue weighted by Crippen LogP contribution is 2.36. The second kappa shape index (κ2) is 7.25. The van der Waals surface area contributed by atoms with E-state index >= 15 is 0 Å². The number of thiazole rings is 1. The van der Waals surface area contributed by atoms with Crippen LogP contribution in [0.3, 0.4) is 0 Å². The van der Waals surface area contributed by atoms with Gasteiger partial charge in [-0.15, -0.1) is 11.3 Å². The molecule has 1 aliphatic rings. The van der Waals surface area contributed by atoms with Gasteiger partial charge in [-0.3, -0.25) is 14.9 Å². The number of nitrogens with zero attached hydrogens (tertiary/aromatic N) is 4. The number of fused-ring (bicyclic) bond motifs is 1. The molecule has 31 heavy (non-hydrogen) atoms. The number of aromatic nitrogens is 3. The molecule has 3 aromatic heterocycles. The molecule has 156 valence electrons. The molecule has 12 heteroatoms. The maximum absolute atomic E-state index is 12.5. The van der Waals surface area contributed by atoms with E-state index in [9.17, 15) is 14.9 Å². The molecule has 0 saturated carbocycles. The summed E-state index contributed by atoms with van der Waals surface area (Å²) in [5.41, 5.74) is 2.22. The number of hydrogen-bond donors (Lipinski definition) is 1. The summed E-state index contributed by atoms with van der Waals surface area (Å²) in [6.07, 6.45) is 0. The van der Waals surface area contributed by atoms with Gasteiger partial charge in [0.15, 0.2) is 17.3 Å². The van der Waals surface area contributed by atoms with Gasteiger partial charge >= 0.3 is 5.88 Å². The van der Waals surface area contributed by atoms with E-state index in [1.165, 1.54) is 22.1 Å². The van der Waals surface area contributed by atoms with Gasteiger partial charge < -0.3 is 19.2 Å². The van der Waals surface area contributed by atoms with Gasteiger partial charge in [0.05, 0.1) is 17.5 Å². The van der Waals surface area contributed by atoms with Crippen LogP contribution in [0.5, 0.6) is 11.5 Å². The predicted octanol–water partition coefficient (Wildman–Crippen LogP) is 3.79. The summed E-state index contributed by atoms with van der Waals surface area (Å²) in [5, 5.41) is 20.2. The summed E-state index contributed by atoms with van der Waals surface area (Å²) in [6.45, 7) is 1.96. The normalized spacial score (nSPS) is 12.2. The van der Waals surface area contributed by atoms with Crippen LogP contribution in [0.15, 0.2) is 46.2 Å². The molecule has 4 aromatic rings. The lowest BCUT2D eigenvalue weighted by Gasteiger charge is -2.05. The lowest BCUT2D eigenvalue weighted by molar-refractivity contribution is -0.402. The lowest BCUT2D eigenvalue weighted by Crippen LogP contribution is -2.14. The van der Waals surface area contributed by atoms with Crippen LogP contribution >= 0.6 is 11.3 Å². The van der Waals surface area contributed by atoms with Crippen LogP contribution in [0.2, 0.25) is 0 Å². The van der Waals surface area contributed by atoms with Crippen LogP contribution in [0.4, 0.5) is 11.7 Å². The number of amides is 1. The highest BCUT2D eigenvalue weighted by Gasteiger charge is 2.21. The lowest BCUT2D eigenvalue weighted by atomic mass is 10.1. The van der Waals surface area contributed by atoms with Crippen LogP contribution in [0.25, 0.3) is 16.4 Å². The first-order valence-electron chi connectivity index (χ1n) is 8.96. The molecule has 0 saturated heterocycles. The fourth-order valence-corrected chi connectivity index (χ4v) is 3.81. The maximum atomic E-state index is 12.5. The zero-order chi connectivity index (χ0) is 21.5. The fourth-order valence-electron chi connectivity index (χ4n) is 3.01. The van der Waals surface area contributed by atoms with Crippen molar-refractivity contribution in [3.63, 3.8) is 0 Å². The van der Waals surface area contributed by atoms with E-state index in [0.717, 1.165) is 11.6 Å². The molecule has 0 aliphatic carbocycles. The van der Waals surface area contributed by atoms with Crippen molar-refractivity contribution < 1.29 is 23.6 Å². The zero-order valence-corrected chi connectivity index (χ0v) is 16.7.